The summed E-state index contributed by atoms with van der Waals surface area (Å²) in [6.45, 7) is 5.81. The Morgan fingerprint density at radius 3 is 1.34 bits per heavy atom. The number of carboxylic acid groups (broad SMARTS) is 3. The van der Waals surface area contributed by atoms with Crippen LogP contribution in [0, 0.1) is 0 Å². The van der Waals surface area contributed by atoms with E-state index < -0.39 is 268 Å². The van der Waals surface area contributed by atoms with Crippen molar-refractivity contribution in [2.45, 2.75) is 323 Å². The van der Waals surface area contributed by atoms with Crippen molar-refractivity contribution in [1.82, 2.24) is 68.2 Å². The summed E-state index contributed by atoms with van der Waals surface area (Å²) in [7, 11) is 0. The molecule has 49 nitrogen and oxygen atoms in total. The number of hydrogen-bond acceptors (Lipinski definition) is 36. The van der Waals surface area contributed by atoms with Crippen molar-refractivity contribution in [3.8, 4) is 0 Å². The number of quaternary nitrogens is 2. The topological polar surface area (TPSA) is 759 Å². The molecule has 49 heteroatoms. The highest BCUT2D eigenvalue weighted by Gasteiger charge is 2.58. The Morgan fingerprint density at radius 1 is 0.459 bits per heavy atom. The zero-order chi connectivity index (χ0) is 91.1. The standard InChI is InChI=1S/C73H121N15O34/c1-31(63(103)77-24-15-21-50(99)85-44(69(111)112)22-25-88-26-40(86-87-88)16-11-10-12-17-41(74)33(3)93)78-65(105)34(4)114-61-53(82-38(8)96)70(113)116-47(29-91)59(61)121-72-52(81-37(7)95)57(102)58(46(28-90)118-72)120-73-54(83-39(9)97)62(60(48(30-92)119-73)122-71-51(80-36(6)94)56(101)55(100)45(27-89)117-71)115-35(5)66(106)79-32(2)64(104)76-23-14-20-49(98)84-43(68(109)110)19-13-18-42(75)67(107)108/h26,31-32,34-35,41-48,51-62,70-73,89-92,100-102,113H,10-25,27-30,74-75H2,1-9H3,(H,76,104)(H,77,103)(H,78,105)(H,79,106)(H,80,94)(H,81,95)(H,82,96)(H,83,97)(H,84,98)(H,85,99)(H,107,108)(H,109,110)(H,111,112)/p-1/t31-,32-,34+,35+,41?,42?,43-,44-,45+,46+,47+,48+,51+,52+,53+,54+,55+,56+,57+,58+,59?,60?,61+,62+,70?,71-,72-,73-/m0/s1. The van der Waals surface area contributed by atoms with Gasteiger partial charge in [0.05, 0.1) is 62.1 Å². The van der Waals surface area contributed by atoms with Gasteiger partial charge in [-0.2, -0.15) is 0 Å². The Kier molecular flexibility index (Phi) is 43.2. The number of aryl methyl sites for hydroxylation is 2. The molecule has 5 heterocycles. The van der Waals surface area contributed by atoms with E-state index in [4.69, 9.17) is 42.6 Å². The summed E-state index contributed by atoms with van der Waals surface area (Å²) in [6.07, 6.45) is -29.7. The number of aliphatic carboxylic acids is 3. The van der Waals surface area contributed by atoms with E-state index in [0.29, 0.717) is 18.5 Å². The van der Waals surface area contributed by atoms with Crippen molar-refractivity contribution < 1.29 is 177 Å². The van der Waals surface area contributed by atoms with Crippen LogP contribution < -0.4 is 80.0 Å². The summed E-state index contributed by atoms with van der Waals surface area (Å²) in [4.78, 5) is 179. The fraction of sp³-hybridized carbons (Fsp3) is 0.781. The maximum absolute atomic E-state index is 14.2. The first kappa shape index (κ1) is 104. The zero-order valence-electron chi connectivity index (χ0n) is 69.3. The second-order valence-corrected chi connectivity index (χ2v) is 30.3. The number of rotatable bonds is 51. The maximum atomic E-state index is 14.2. The number of Topliss-reactive ketones (excluding diaryl/α,β-unsaturated/α-hetero) is 1. The molecule has 24 N–H and O–H groups in total. The lowest BCUT2D eigenvalue weighted by Gasteiger charge is -2.52. The summed E-state index contributed by atoms with van der Waals surface area (Å²) < 4.78 is 57.3. The van der Waals surface area contributed by atoms with Crippen molar-refractivity contribution in [3.63, 3.8) is 0 Å². The third kappa shape index (κ3) is 32.0. The van der Waals surface area contributed by atoms with Crippen LogP contribution >= 0.6 is 0 Å². The average Bonchev–Trinajstić information content (AvgIpc) is 0.765. The normalized spacial score (nSPS) is 28.5. The highest BCUT2D eigenvalue weighted by molar-refractivity contribution is 5.90. The molecule has 0 spiro atoms. The molecule has 1 aromatic rings. The number of carboxylic acids is 3. The predicted molar refractivity (Wildman–Crippen MR) is 400 cm³/mol. The Hall–Kier alpha value is -8.84. The number of ketones is 1. The Morgan fingerprint density at radius 2 is 0.877 bits per heavy atom. The van der Waals surface area contributed by atoms with E-state index in [9.17, 15) is 123 Å². The quantitative estimate of drug-likeness (QED) is 0.0269. The molecule has 1 aromatic heterocycles. The van der Waals surface area contributed by atoms with E-state index in [2.05, 4.69) is 74.9 Å². The number of ether oxygens (including phenoxy) is 9. The van der Waals surface area contributed by atoms with Gasteiger partial charge in [0.15, 0.2) is 30.9 Å². The highest BCUT2D eigenvalue weighted by atomic mass is 16.8. The number of hydrogen-bond donors (Lipinski definition) is 20. The van der Waals surface area contributed by atoms with Gasteiger partial charge < -0.3 is 178 Å². The molecule has 0 aromatic carbocycles. The van der Waals surface area contributed by atoms with E-state index in [1.807, 2.05) is 0 Å². The number of aromatic nitrogens is 3. The van der Waals surface area contributed by atoms with Crippen molar-refractivity contribution in [3.05, 3.63) is 11.9 Å². The van der Waals surface area contributed by atoms with Gasteiger partial charge in [0, 0.05) is 86.1 Å². The third-order valence-electron chi connectivity index (χ3n) is 20.4. The Labute approximate surface area is 700 Å². The van der Waals surface area contributed by atoms with Gasteiger partial charge in [0.1, 0.15) is 134 Å². The number of aliphatic hydroxyl groups is 8. The Bertz CT molecular complexity index is 3630. The van der Waals surface area contributed by atoms with Crippen LogP contribution in [0.2, 0.25) is 0 Å². The number of amides is 10. The lowest BCUT2D eigenvalue weighted by Crippen LogP contribution is -2.72. The zero-order valence-corrected chi connectivity index (χ0v) is 69.3. The molecule has 4 aliphatic rings. The summed E-state index contributed by atoms with van der Waals surface area (Å²) in [6, 6.07) is -14.2. The number of nitrogens with one attached hydrogen (secondary N) is 10. The number of aliphatic hydroxyl groups excluding tert-OH is 8. The molecule has 4 aliphatic heterocycles. The third-order valence-corrected chi connectivity index (χ3v) is 20.4. The van der Waals surface area contributed by atoms with Crippen LogP contribution in [0.15, 0.2) is 6.20 Å². The monoisotopic (exact) mass is 1750 g/mol. The second-order valence-electron chi connectivity index (χ2n) is 30.3. The maximum Gasteiger partial charge on any atom is 0.249 e. The molecule has 0 aliphatic carbocycles. The average molecular weight is 1750 g/mol. The van der Waals surface area contributed by atoms with Crippen molar-refractivity contribution in [1.29, 1.82) is 0 Å². The van der Waals surface area contributed by atoms with Gasteiger partial charge in [-0.05, 0) is 79.1 Å². The first-order chi connectivity index (χ1) is 57.5. The van der Waals surface area contributed by atoms with Crippen LogP contribution in [0.4, 0.5) is 0 Å². The number of nitrogens with zero attached hydrogens (tertiary/aromatic N) is 3. The fourth-order valence-electron chi connectivity index (χ4n) is 13.7. The van der Waals surface area contributed by atoms with Gasteiger partial charge in [0.2, 0.25) is 59.1 Å². The first-order valence-electron chi connectivity index (χ1n) is 40.1. The molecule has 0 radical (unpaired) electrons. The van der Waals surface area contributed by atoms with Crippen LogP contribution in [0.1, 0.15) is 145 Å². The van der Waals surface area contributed by atoms with E-state index >= 15 is 0 Å². The summed E-state index contributed by atoms with van der Waals surface area (Å²) >= 11 is 0. The molecular formula is C73H120N15O34-. The minimum atomic E-state index is -2.19. The van der Waals surface area contributed by atoms with Crippen molar-refractivity contribution in [2.24, 2.45) is 0 Å². The van der Waals surface area contributed by atoms with Crippen molar-refractivity contribution >= 4 is 82.8 Å². The van der Waals surface area contributed by atoms with Crippen LogP contribution in [-0.4, -0.2) is 349 Å². The predicted octanol–water partition coefficient (Wildman–Crippen LogP) is -15.6. The lowest BCUT2D eigenvalue weighted by atomic mass is 9.92. The number of unbranched alkanes of at least 4 members (excludes halogenated alkanes) is 2. The molecule has 10 amide bonds. The smallest absolute Gasteiger partial charge is 0.249 e. The van der Waals surface area contributed by atoms with Crippen LogP contribution in [0.25, 0.3) is 0 Å². The lowest BCUT2D eigenvalue weighted by molar-refractivity contribution is -0.438. The molecule has 4 saturated heterocycles. The fourth-order valence-corrected chi connectivity index (χ4v) is 13.7. The van der Waals surface area contributed by atoms with Crippen LogP contribution in [-0.2, 0) is 123 Å². The van der Waals surface area contributed by atoms with E-state index in [1.165, 1.54) is 32.4 Å². The minimum Gasteiger partial charge on any atom is -0.548 e. The number of carbonyl (C=O) groups excluding carboxylic acids is 14. The summed E-state index contributed by atoms with van der Waals surface area (Å²) in [5.41, 5.74) is 7.90. The van der Waals surface area contributed by atoms with Gasteiger partial charge >= 0.3 is 0 Å². The van der Waals surface area contributed by atoms with Gasteiger partial charge in [-0.15, -0.1) is 5.10 Å². The molecule has 0 bridgehead atoms. The van der Waals surface area contributed by atoms with Gasteiger partial charge in [0.25, 0.3) is 0 Å². The van der Waals surface area contributed by atoms with E-state index in [0.717, 1.165) is 53.9 Å². The molecule has 0 saturated carbocycles. The second kappa shape index (κ2) is 50.8. The van der Waals surface area contributed by atoms with Crippen LogP contribution in [0.5, 0.6) is 0 Å². The summed E-state index contributed by atoms with van der Waals surface area (Å²) in [5, 5.41) is 157. The molecule has 692 valence electrons. The minimum absolute atomic E-state index is 0.00678. The summed E-state index contributed by atoms with van der Waals surface area (Å²) in [5.74, 6) is -13.2. The van der Waals surface area contributed by atoms with Gasteiger partial charge in [-0.1, -0.05) is 11.6 Å². The largest absolute Gasteiger partial charge is 0.548 e. The van der Waals surface area contributed by atoms with E-state index in [-0.39, 0.29) is 82.8 Å². The molecule has 122 heavy (non-hydrogen) atoms. The molecule has 28 atom stereocenters. The first-order valence-corrected chi connectivity index (χ1v) is 40.1. The highest BCUT2D eigenvalue weighted by Crippen LogP contribution is 2.37. The number of carbonyl (C=O) groups is 14. The molecule has 4 fully saturated rings. The van der Waals surface area contributed by atoms with Gasteiger partial charge in [-0.25, -0.2) is 0 Å². The Balaban J connectivity index is 1.34. The van der Waals surface area contributed by atoms with Crippen LogP contribution in [0.3, 0.4) is 0 Å². The van der Waals surface area contributed by atoms with Gasteiger partial charge in [-0.3, -0.25) is 57.4 Å². The molecule has 5 unspecified atom stereocenters. The molecular weight excluding hydrogens is 1630 g/mol. The van der Waals surface area contributed by atoms with E-state index in [1.54, 1.807) is 6.20 Å². The van der Waals surface area contributed by atoms with Crippen molar-refractivity contribution in [2.75, 3.05) is 39.5 Å². The molecule has 5 rings (SSSR count). The SMILES string of the molecule is CC(=O)N[C@H]1[C@H](OC2[C@@H](CO)OC(O)[C@H](NC(C)=O)[C@H]2O[C@H](C)C(=O)N[C@@H](C)C(=O)NCCCC(=O)N[C@@H](CCn2cc(CCCCCC([NH3+])C(C)=O)nn2)C(=O)[O-])O[C@H](CO)[C@@H](O[C@@H]2O[C@H](CO)C(O[C@@H]3O[C@H](CO)[C@@H](O)[C@H](O)[C@H]3NC(C)=O)[C@H](O[C@H](C)C(=O)N[C@@H](C)C(=O)NCCCC(=O)N[C@@H](CCCC([NH3+])C(=O)[O-])C(=O)[O-])[C@H]2NC(C)=O)[C@@H]1O.